The number of rotatable bonds is 21. The maximum absolute atomic E-state index is 13.1. The standard InChI is InChI=1S/C33H48O2/c1-2-3-4-5-6-7-8-9-10-11-12-13-14-15-16-23-28-31(32(34)29-24-19-17-20-25-29)33(35)30-26-21-18-22-27-30/h17-22,24-27,31H,2-16,23,28H2,1H3. The first-order valence-corrected chi connectivity index (χ1v) is 14.4. The van der Waals surface area contributed by atoms with Crippen LogP contribution in [-0.4, -0.2) is 11.6 Å². The van der Waals surface area contributed by atoms with Crippen LogP contribution in [0.2, 0.25) is 0 Å². The van der Waals surface area contributed by atoms with E-state index in [1.165, 1.54) is 89.9 Å². The van der Waals surface area contributed by atoms with Crippen molar-refractivity contribution in [2.45, 2.75) is 116 Å². The predicted octanol–water partition coefficient (Wildman–Crippen LogP) is 10.0. The Kier molecular flexibility index (Phi) is 15.8. The molecule has 0 saturated heterocycles. The lowest BCUT2D eigenvalue weighted by molar-refractivity contribution is 0.0797. The monoisotopic (exact) mass is 476 g/mol. The molecule has 2 nitrogen and oxygen atoms in total. The summed E-state index contributed by atoms with van der Waals surface area (Å²) in [6.07, 6.45) is 21.8. The van der Waals surface area contributed by atoms with Gasteiger partial charge in [0.1, 0.15) is 0 Å². The summed E-state index contributed by atoms with van der Waals surface area (Å²) in [7, 11) is 0. The van der Waals surface area contributed by atoms with Gasteiger partial charge in [-0.05, 0) is 6.42 Å². The van der Waals surface area contributed by atoms with E-state index in [9.17, 15) is 9.59 Å². The lowest BCUT2D eigenvalue weighted by Gasteiger charge is -2.15. The highest BCUT2D eigenvalue weighted by Crippen LogP contribution is 2.22. The van der Waals surface area contributed by atoms with Crippen LogP contribution in [0.3, 0.4) is 0 Å². The van der Waals surface area contributed by atoms with Crippen LogP contribution in [0, 0.1) is 5.92 Å². The smallest absolute Gasteiger partial charge is 0.173 e. The van der Waals surface area contributed by atoms with Crippen molar-refractivity contribution < 1.29 is 9.59 Å². The number of carbonyl (C=O) groups is 2. The van der Waals surface area contributed by atoms with E-state index in [-0.39, 0.29) is 11.6 Å². The van der Waals surface area contributed by atoms with Crippen molar-refractivity contribution in [1.29, 1.82) is 0 Å². The topological polar surface area (TPSA) is 34.1 Å². The highest BCUT2D eigenvalue weighted by molar-refractivity contribution is 6.16. The van der Waals surface area contributed by atoms with Gasteiger partial charge in [0.2, 0.25) is 0 Å². The Bertz CT molecular complexity index is 745. The maximum Gasteiger partial charge on any atom is 0.173 e. The molecule has 0 N–H and O–H groups in total. The first-order chi connectivity index (χ1) is 17.2. The van der Waals surface area contributed by atoms with Crippen molar-refractivity contribution in [2.24, 2.45) is 5.92 Å². The molecule has 0 aliphatic carbocycles. The van der Waals surface area contributed by atoms with E-state index >= 15 is 0 Å². The minimum atomic E-state index is -0.577. The lowest BCUT2D eigenvalue weighted by atomic mass is 9.86. The normalized spacial score (nSPS) is 11.1. The molecule has 0 aliphatic rings. The Morgan fingerprint density at radius 1 is 0.486 bits per heavy atom. The molecule has 0 aliphatic heterocycles. The molecule has 0 saturated carbocycles. The number of hydrogen-bond acceptors (Lipinski definition) is 2. The van der Waals surface area contributed by atoms with Crippen LogP contribution in [0.5, 0.6) is 0 Å². The average molecular weight is 477 g/mol. The zero-order valence-corrected chi connectivity index (χ0v) is 22.2. The van der Waals surface area contributed by atoms with Gasteiger partial charge >= 0.3 is 0 Å². The van der Waals surface area contributed by atoms with Gasteiger partial charge < -0.3 is 0 Å². The second kappa shape index (κ2) is 19.0. The fourth-order valence-electron chi connectivity index (χ4n) is 4.89. The van der Waals surface area contributed by atoms with E-state index in [0.29, 0.717) is 17.5 Å². The number of Topliss-reactive ketones (excluding diaryl/α,β-unsaturated/α-hetero) is 2. The van der Waals surface area contributed by atoms with Gasteiger partial charge in [-0.2, -0.15) is 0 Å². The number of carbonyl (C=O) groups excluding carboxylic acids is 2. The third kappa shape index (κ3) is 12.3. The second-order valence-electron chi connectivity index (χ2n) is 10.1. The summed E-state index contributed by atoms with van der Waals surface area (Å²) in [5, 5.41) is 0. The first kappa shape index (κ1) is 29.0. The summed E-state index contributed by atoms with van der Waals surface area (Å²) in [4.78, 5) is 26.3. The minimum Gasteiger partial charge on any atom is -0.293 e. The average Bonchev–Trinajstić information content (AvgIpc) is 2.91. The van der Waals surface area contributed by atoms with Crippen LogP contribution in [0.1, 0.15) is 137 Å². The zero-order valence-electron chi connectivity index (χ0n) is 22.2. The summed E-state index contributed by atoms with van der Waals surface area (Å²) in [6.45, 7) is 2.28. The Morgan fingerprint density at radius 3 is 1.14 bits per heavy atom. The molecule has 2 aromatic carbocycles. The van der Waals surface area contributed by atoms with Gasteiger partial charge in [-0.15, -0.1) is 0 Å². The fraction of sp³-hybridized carbons (Fsp3) is 0.576. The third-order valence-corrected chi connectivity index (χ3v) is 7.10. The van der Waals surface area contributed by atoms with E-state index in [1.807, 2.05) is 60.7 Å². The molecule has 0 unspecified atom stereocenters. The van der Waals surface area contributed by atoms with E-state index in [0.717, 1.165) is 12.8 Å². The van der Waals surface area contributed by atoms with Crippen molar-refractivity contribution in [3.8, 4) is 0 Å². The molecule has 0 spiro atoms. The highest BCUT2D eigenvalue weighted by atomic mass is 16.2. The molecular weight excluding hydrogens is 428 g/mol. The Hall–Kier alpha value is -2.22. The maximum atomic E-state index is 13.1. The van der Waals surface area contributed by atoms with Gasteiger partial charge in [0.15, 0.2) is 11.6 Å². The van der Waals surface area contributed by atoms with Crippen molar-refractivity contribution in [3.63, 3.8) is 0 Å². The Labute approximate surface area is 214 Å². The van der Waals surface area contributed by atoms with Crippen molar-refractivity contribution in [2.75, 3.05) is 0 Å². The van der Waals surface area contributed by atoms with Crippen LogP contribution in [0.4, 0.5) is 0 Å². The van der Waals surface area contributed by atoms with Crippen LogP contribution < -0.4 is 0 Å². The van der Waals surface area contributed by atoms with Crippen molar-refractivity contribution in [1.82, 2.24) is 0 Å². The predicted molar refractivity (Wildman–Crippen MR) is 149 cm³/mol. The summed E-state index contributed by atoms with van der Waals surface area (Å²) >= 11 is 0. The molecule has 0 radical (unpaired) electrons. The summed E-state index contributed by atoms with van der Waals surface area (Å²) in [5.74, 6) is -0.660. The van der Waals surface area contributed by atoms with Crippen LogP contribution in [0.15, 0.2) is 60.7 Å². The number of benzene rings is 2. The molecule has 0 heterocycles. The van der Waals surface area contributed by atoms with Crippen LogP contribution in [-0.2, 0) is 0 Å². The summed E-state index contributed by atoms with van der Waals surface area (Å²) < 4.78 is 0. The van der Waals surface area contributed by atoms with E-state index in [1.54, 1.807) is 0 Å². The lowest BCUT2D eigenvalue weighted by Crippen LogP contribution is -2.24. The molecular formula is C33H48O2. The highest BCUT2D eigenvalue weighted by Gasteiger charge is 2.27. The quantitative estimate of drug-likeness (QED) is 0.102. The third-order valence-electron chi connectivity index (χ3n) is 7.10. The van der Waals surface area contributed by atoms with Gasteiger partial charge in [-0.1, -0.05) is 170 Å². The summed E-state index contributed by atoms with van der Waals surface area (Å²) in [6, 6.07) is 18.6. The molecule has 2 rings (SSSR count). The molecule has 0 atom stereocenters. The molecule has 0 fully saturated rings. The van der Waals surface area contributed by atoms with Gasteiger partial charge in [0, 0.05) is 11.1 Å². The molecule has 0 amide bonds. The van der Waals surface area contributed by atoms with Gasteiger partial charge in [0.25, 0.3) is 0 Å². The molecule has 2 heteroatoms. The van der Waals surface area contributed by atoms with E-state index in [4.69, 9.17) is 0 Å². The Morgan fingerprint density at radius 2 is 0.800 bits per heavy atom. The number of hydrogen-bond donors (Lipinski definition) is 0. The van der Waals surface area contributed by atoms with E-state index in [2.05, 4.69) is 6.92 Å². The fourth-order valence-corrected chi connectivity index (χ4v) is 4.89. The zero-order chi connectivity index (χ0) is 25.0. The largest absolute Gasteiger partial charge is 0.293 e. The van der Waals surface area contributed by atoms with Gasteiger partial charge in [-0.3, -0.25) is 9.59 Å². The van der Waals surface area contributed by atoms with Gasteiger partial charge in [-0.25, -0.2) is 0 Å². The Balaban J connectivity index is 1.59. The molecule has 192 valence electrons. The van der Waals surface area contributed by atoms with E-state index < -0.39 is 5.92 Å². The summed E-state index contributed by atoms with van der Waals surface area (Å²) in [5.41, 5.74) is 1.27. The van der Waals surface area contributed by atoms with Crippen molar-refractivity contribution >= 4 is 11.6 Å². The number of unbranched alkanes of at least 4 members (excludes halogenated alkanes) is 15. The second-order valence-corrected chi connectivity index (χ2v) is 10.1. The molecule has 0 bridgehead atoms. The van der Waals surface area contributed by atoms with Crippen LogP contribution in [0.25, 0.3) is 0 Å². The van der Waals surface area contributed by atoms with Crippen LogP contribution >= 0.6 is 0 Å². The molecule has 2 aromatic rings. The van der Waals surface area contributed by atoms with Gasteiger partial charge in [0.05, 0.1) is 5.92 Å². The minimum absolute atomic E-state index is 0.0413. The first-order valence-electron chi connectivity index (χ1n) is 14.4. The molecule has 35 heavy (non-hydrogen) atoms. The van der Waals surface area contributed by atoms with Crippen molar-refractivity contribution in [3.05, 3.63) is 71.8 Å². The molecule has 0 aromatic heterocycles. The number of ketones is 2. The SMILES string of the molecule is CCCCCCCCCCCCCCCCCCC(C(=O)c1ccccc1)C(=O)c1ccccc1.